The number of benzene rings is 1. The van der Waals surface area contributed by atoms with Gasteiger partial charge in [0.05, 0.1) is 6.07 Å². The van der Waals surface area contributed by atoms with Crippen molar-refractivity contribution in [3.05, 3.63) is 29.8 Å². The molecule has 3 nitrogen and oxygen atoms in total. The molecule has 0 heterocycles. The summed E-state index contributed by atoms with van der Waals surface area (Å²) >= 11 is 0. The van der Waals surface area contributed by atoms with Crippen LogP contribution in [0.25, 0.3) is 0 Å². The van der Waals surface area contributed by atoms with Crippen molar-refractivity contribution in [2.45, 2.75) is 45.6 Å². The van der Waals surface area contributed by atoms with E-state index in [-0.39, 0.29) is 5.54 Å². The molecule has 0 fully saturated rings. The third kappa shape index (κ3) is 3.98. The molecule has 3 heteroatoms. The molecule has 0 aliphatic carbocycles. The van der Waals surface area contributed by atoms with Gasteiger partial charge in [-0.2, -0.15) is 5.26 Å². The maximum Gasteiger partial charge on any atom is 0.106 e. The van der Waals surface area contributed by atoms with Gasteiger partial charge in [0.2, 0.25) is 0 Å². The Morgan fingerprint density at radius 1 is 1.30 bits per heavy atom. The molecule has 1 unspecified atom stereocenters. The Labute approximate surface area is 123 Å². The van der Waals surface area contributed by atoms with Gasteiger partial charge >= 0.3 is 0 Å². The van der Waals surface area contributed by atoms with Gasteiger partial charge in [0, 0.05) is 18.8 Å². The predicted octanol–water partition coefficient (Wildman–Crippen LogP) is 3.49. The zero-order valence-electron chi connectivity index (χ0n) is 13.2. The standard InChI is InChI=1S/C17H27N3/c1-5-17(14-18,19-4)12-9-13-20(6-2)16-11-8-7-10-15(16)3/h7-8,10-11,19H,5-6,9,12-13H2,1-4H3. The lowest BCUT2D eigenvalue weighted by molar-refractivity contribution is 0.392. The molecule has 1 aromatic carbocycles. The number of rotatable bonds is 8. The first-order chi connectivity index (χ1) is 9.62. The van der Waals surface area contributed by atoms with Crippen LogP contribution in [0.3, 0.4) is 0 Å². The van der Waals surface area contributed by atoms with Gasteiger partial charge in [-0.25, -0.2) is 0 Å². The van der Waals surface area contributed by atoms with Crippen molar-refractivity contribution in [1.82, 2.24) is 5.32 Å². The molecular formula is C17H27N3. The Morgan fingerprint density at radius 3 is 2.50 bits per heavy atom. The van der Waals surface area contributed by atoms with Crippen molar-refractivity contribution < 1.29 is 0 Å². The van der Waals surface area contributed by atoms with Crippen LogP contribution in [0.1, 0.15) is 38.7 Å². The van der Waals surface area contributed by atoms with E-state index in [9.17, 15) is 5.26 Å². The fourth-order valence-corrected chi connectivity index (χ4v) is 2.61. The van der Waals surface area contributed by atoms with Gasteiger partial charge in [-0.05, 0) is 51.8 Å². The van der Waals surface area contributed by atoms with E-state index in [4.69, 9.17) is 0 Å². The van der Waals surface area contributed by atoms with E-state index in [2.05, 4.69) is 61.3 Å². The fourth-order valence-electron chi connectivity index (χ4n) is 2.61. The molecule has 1 aromatic rings. The van der Waals surface area contributed by atoms with Crippen LogP contribution >= 0.6 is 0 Å². The second kappa shape index (κ2) is 7.91. The highest BCUT2D eigenvalue weighted by Crippen LogP contribution is 2.21. The first-order valence-electron chi connectivity index (χ1n) is 7.53. The third-order valence-electron chi connectivity index (χ3n) is 4.17. The summed E-state index contributed by atoms with van der Waals surface area (Å²) in [6.07, 6.45) is 2.75. The van der Waals surface area contributed by atoms with Gasteiger partial charge in [-0.15, -0.1) is 0 Å². The van der Waals surface area contributed by atoms with Gasteiger partial charge < -0.3 is 10.2 Å². The van der Waals surface area contributed by atoms with Crippen molar-refractivity contribution in [1.29, 1.82) is 5.26 Å². The molecule has 0 saturated carbocycles. The minimum atomic E-state index is -0.370. The van der Waals surface area contributed by atoms with Crippen LogP contribution in [-0.2, 0) is 0 Å². The highest BCUT2D eigenvalue weighted by atomic mass is 15.1. The summed E-state index contributed by atoms with van der Waals surface area (Å²) < 4.78 is 0. The normalized spacial score (nSPS) is 13.6. The Balaban J connectivity index is 2.64. The van der Waals surface area contributed by atoms with Crippen LogP contribution in [0.4, 0.5) is 5.69 Å². The van der Waals surface area contributed by atoms with Crippen LogP contribution in [0.2, 0.25) is 0 Å². The zero-order valence-corrected chi connectivity index (χ0v) is 13.2. The number of nitriles is 1. The van der Waals surface area contributed by atoms with Crippen molar-refractivity contribution in [3.8, 4) is 6.07 Å². The number of nitrogens with one attached hydrogen (secondary N) is 1. The van der Waals surface area contributed by atoms with Crippen molar-refractivity contribution in [2.24, 2.45) is 0 Å². The topological polar surface area (TPSA) is 39.1 Å². The van der Waals surface area contributed by atoms with E-state index < -0.39 is 0 Å². The van der Waals surface area contributed by atoms with E-state index >= 15 is 0 Å². The smallest absolute Gasteiger partial charge is 0.106 e. The van der Waals surface area contributed by atoms with Gasteiger partial charge in [0.1, 0.15) is 5.54 Å². The third-order valence-corrected chi connectivity index (χ3v) is 4.17. The number of para-hydroxylation sites is 1. The Bertz CT molecular complexity index is 444. The first-order valence-corrected chi connectivity index (χ1v) is 7.53. The fraction of sp³-hybridized carbons (Fsp3) is 0.588. The predicted molar refractivity (Wildman–Crippen MR) is 86.0 cm³/mol. The summed E-state index contributed by atoms with van der Waals surface area (Å²) in [4.78, 5) is 2.39. The Kier molecular flexibility index (Phi) is 6.54. The van der Waals surface area contributed by atoms with E-state index in [1.165, 1.54) is 11.3 Å². The van der Waals surface area contributed by atoms with E-state index in [0.717, 1.165) is 32.4 Å². The minimum Gasteiger partial charge on any atom is -0.372 e. The Morgan fingerprint density at radius 2 is 2.00 bits per heavy atom. The largest absolute Gasteiger partial charge is 0.372 e. The summed E-state index contributed by atoms with van der Waals surface area (Å²) in [7, 11) is 1.88. The molecule has 0 amide bonds. The quantitative estimate of drug-likeness (QED) is 0.788. The van der Waals surface area contributed by atoms with Crippen LogP contribution in [-0.4, -0.2) is 25.7 Å². The van der Waals surface area contributed by atoms with E-state index in [0.29, 0.717) is 0 Å². The van der Waals surface area contributed by atoms with E-state index in [1.807, 2.05) is 7.05 Å². The molecule has 0 saturated heterocycles. The molecule has 1 rings (SSSR count). The molecule has 0 aliphatic rings. The van der Waals surface area contributed by atoms with Gasteiger partial charge in [-0.3, -0.25) is 0 Å². The van der Waals surface area contributed by atoms with Crippen LogP contribution in [0.5, 0.6) is 0 Å². The average Bonchev–Trinajstić information content (AvgIpc) is 2.49. The summed E-state index contributed by atoms with van der Waals surface area (Å²) in [5.41, 5.74) is 2.24. The molecule has 0 spiro atoms. The molecule has 20 heavy (non-hydrogen) atoms. The monoisotopic (exact) mass is 273 g/mol. The summed E-state index contributed by atoms with van der Waals surface area (Å²) in [6, 6.07) is 10.9. The lowest BCUT2D eigenvalue weighted by atomic mass is 9.92. The summed E-state index contributed by atoms with van der Waals surface area (Å²) in [6.45, 7) is 8.39. The lowest BCUT2D eigenvalue weighted by Gasteiger charge is -2.28. The average molecular weight is 273 g/mol. The van der Waals surface area contributed by atoms with Gasteiger partial charge in [0.25, 0.3) is 0 Å². The highest BCUT2D eigenvalue weighted by molar-refractivity contribution is 5.52. The number of hydrogen-bond donors (Lipinski definition) is 1. The highest BCUT2D eigenvalue weighted by Gasteiger charge is 2.25. The second-order valence-electron chi connectivity index (χ2n) is 5.27. The number of nitrogens with zero attached hydrogens (tertiary/aromatic N) is 2. The number of aryl methyl sites for hydroxylation is 1. The van der Waals surface area contributed by atoms with Crippen LogP contribution < -0.4 is 10.2 Å². The van der Waals surface area contributed by atoms with Crippen LogP contribution in [0.15, 0.2) is 24.3 Å². The molecule has 0 aromatic heterocycles. The maximum absolute atomic E-state index is 9.33. The lowest BCUT2D eigenvalue weighted by Crippen LogP contribution is -2.41. The SMILES string of the molecule is CCN(CCCC(C#N)(CC)NC)c1ccccc1C. The Hall–Kier alpha value is -1.53. The maximum atomic E-state index is 9.33. The van der Waals surface area contributed by atoms with Crippen molar-refractivity contribution >= 4 is 5.69 Å². The molecule has 1 N–H and O–H groups in total. The number of anilines is 1. The van der Waals surface area contributed by atoms with Gasteiger partial charge in [0.15, 0.2) is 0 Å². The summed E-state index contributed by atoms with van der Waals surface area (Å²) in [5.74, 6) is 0. The summed E-state index contributed by atoms with van der Waals surface area (Å²) in [5, 5.41) is 12.5. The van der Waals surface area contributed by atoms with Crippen LogP contribution in [0, 0.1) is 18.3 Å². The van der Waals surface area contributed by atoms with Gasteiger partial charge in [-0.1, -0.05) is 25.1 Å². The molecule has 1 atom stereocenters. The first kappa shape index (κ1) is 16.5. The molecule has 0 aliphatic heterocycles. The molecule has 0 bridgehead atoms. The number of hydrogen-bond acceptors (Lipinski definition) is 3. The molecular weight excluding hydrogens is 246 g/mol. The minimum absolute atomic E-state index is 0.370. The van der Waals surface area contributed by atoms with E-state index in [1.54, 1.807) is 0 Å². The van der Waals surface area contributed by atoms with Crippen molar-refractivity contribution in [2.75, 3.05) is 25.0 Å². The zero-order chi connectivity index (χ0) is 15.0. The van der Waals surface area contributed by atoms with Crippen molar-refractivity contribution in [3.63, 3.8) is 0 Å². The second-order valence-corrected chi connectivity index (χ2v) is 5.27. The molecule has 0 radical (unpaired) electrons. The molecule has 110 valence electrons.